The summed E-state index contributed by atoms with van der Waals surface area (Å²) in [6.07, 6.45) is 0. The second kappa shape index (κ2) is 6.17. The Morgan fingerprint density at radius 2 is 1.52 bits per heavy atom. The van der Waals surface area contributed by atoms with Crippen LogP contribution in [0.15, 0.2) is 24.4 Å². The Labute approximate surface area is 127 Å². The lowest BCUT2D eigenvalue weighted by molar-refractivity contribution is 0.0695. The van der Waals surface area contributed by atoms with Crippen molar-refractivity contribution in [2.75, 3.05) is 5.32 Å². The number of carbonyl (C=O) groups is 1. The van der Waals surface area contributed by atoms with Gasteiger partial charge in [0.15, 0.2) is 0 Å². The fourth-order valence-electron chi connectivity index (χ4n) is 2.43. The lowest BCUT2D eigenvalue weighted by atomic mass is 9.91. The minimum absolute atomic E-state index is 0.288. The molecule has 21 heavy (non-hydrogen) atoms. The van der Waals surface area contributed by atoms with Crippen molar-refractivity contribution in [1.82, 2.24) is 0 Å². The van der Waals surface area contributed by atoms with Gasteiger partial charge in [0.2, 0.25) is 0 Å². The molecule has 1 aromatic carbocycles. The summed E-state index contributed by atoms with van der Waals surface area (Å²) in [5.41, 5.74) is 6.43. The summed E-state index contributed by atoms with van der Waals surface area (Å²) < 4.78 is 0. The fraction of sp³-hybridized carbons (Fsp3) is 0.389. The van der Waals surface area contributed by atoms with E-state index in [1.165, 1.54) is 0 Å². The van der Waals surface area contributed by atoms with E-state index >= 15 is 0 Å². The van der Waals surface area contributed by atoms with Crippen LogP contribution in [0.4, 0.5) is 5.69 Å². The van der Waals surface area contributed by atoms with Crippen molar-refractivity contribution >= 4 is 11.7 Å². The highest BCUT2D eigenvalue weighted by Gasteiger charge is 2.20. The van der Waals surface area contributed by atoms with Crippen molar-refractivity contribution in [3.8, 4) is 0 Å². The Hall–Kier alpha value is -2.03. The number of hydrogen-bond donors (Lipinski definition) is 2. The van der Waals surface area contributed by atoms with E-state index in [1.54, 1.807) is 0 Å². The van der Waals surface area contributed by atoms with Gasteiger partial charge < -0.3 is 10.4 Å². The molecule has 2 N–H and O–H groups in total. The molecule has 0 aliphatic heterocycles. The smallest absolute Gasteiger partial charge is 0.336 e. The molecule has 0 aliphatic rings. The Balaban J connectivity index is 3.41. The molecular formula is C18H25NO2. The van der Waals surface area contributed by atoms with Crippen LogP contribution in [0, 0.1) is 33.6 Å². The zero-order chi connectivity index (χ0) is 16.5. The Bertz CT molecular complexity index is 625. The summed E-state index contributed by atoms with van der Waals surface area (Å²) in [5, 5.41) is 12.7. The molecule has 0 radical (unpaired) electrons. The number of rotatable bonds is 5. The molecule has 114 valence electrons. The average molecular weight is 287 g/mol. The van der Waals surface area contributed by atoms with Crippen molar-refractivity contribution < 1.29 is 9.90 Å². The molecular weight excluding hydrogens is 262 g/mol. The summed E-state index contributed by atoms with van der Waals surface area (Å²) in [6.45, 7) is 19.8. The molecule has 0 saturated carbocycles. The highest BCUT2D eigenvalue weighted by Crippen LogP contribution is 2.32. The zero-order valence-electron chi connectivity index (χ0n) is 13.8. The first-order valence-corrected chi connectivity index (χ1v) is 7.08. The molecule has 0 atom stereocenters. The standard InChI is InChI=1S/C18H25NO2/c1-9(2)10(3)15(8)19-17-13(6)11(4)12(5)16(14(17)7)18(20)21/h9,19H,3,8H2,1-2,4-7H3,(H,20,21). The summed E-state index contributed by atoms with van der Waals surface area (Å²) >= 11 is 0. The number of aromatic carboxylic acids is 1. The third-order valence-electron chi connectivity index (χ3n) is 4.20. The monoisotopic (exact) mass is 287 g/mol. The van der Waals surface area contributed by atoms with Crippen molar-refractivity contribution in [2.24, 2.45) is 5.92 Å². The Morgan fingerprint density at radius 1 is 1.00 bits per heavy atom. The summed E-state index contributed by atoms with van der Waals surface area (Å²) in [7, 11) is 0. The number of benzene rings is 1. The van der Waals surface area contributed by atoms with Crippen LogP contribution in [0.1, 0.15) is 46.5 Å². The highest BCUT2D eigenvalue weighted by atomic mass is 16.4. The topological polar surface area (TPSA) is 49.3 Å². The van der Waals surface area contributed by atoms with Crippen LogP contribution >= 0.6 is 0 Å². The van der Waals surface area contributed by atoms with E-state index in [-0.39, 0.29) is 5.92 Å². The van der Waals surface area contributed by atoms with E-state index in [0.29, 0.717) is 5.56 Å². The van der Waals surface area contributed by atoms with Crippen LogP contribution in [0.3, 0.4) is 0 Å². The average Bonchev–Trinajstić information content (AvgIpc) is 2.39. The van der Waals surface area contributed by atoms with Crippen LogP contribution in [0.2, 0.25) is 0 Å². The summed E-state index contributed by atoms with van der Waals surface area (Å²) in [4.78, 5) is 11.5. The van der Waals surface area contributed by atoms with Crippen LogP contribution in [0.5, 0.6) is 0 Å². The van der Waals surface area contributed by atoms with E-state index in [9.17, 15) is 9.90 Å². The number of hydrogen-bond acceptors (Lipinski definition) is 2. The normalized spacial score (nSPS) is 10.6. The molecule has 0 unspecified atom stereocenters. The first-order chi connectivity index (χ1) is 9.59. The molecule has 0 heterocycles. The molecule has 0 spiro atoms. The molecule has 3 heteroatoms. The Kier molecular flexibility index (Phi) is 5.00. The third kappa shape index (κ3) is 3.18. The minimum atomic E-state index is -0.899. The van der Waals surface area contributed by atoms with Gasteiger partial charge in [-0.1, -0.05) is 27.0 Å². The largest absolute Gasteiger partial charge is 0.478 e. The quantitative estimate of drug-likeness (QED) is 0.768. The van der Waals surface area contributed by atoms with Gasteiger partial charge in [0.1, 0.15) is 0 Å². The lowest BCUT2D eigenvalue weighted by Gasteiger charge is -2.22. The summed E-state index contributed by atoms with van der Waals surface area (Å²) in [5.74, 6) is -0.611. The molecule has 1 rings (SSSR count). The fourth-order valence-corrected chi connectivity index (χ4v) is 2.43. The van der Waals surface area contributed by atoms with E-state index in [1.807, 2.05) is 27.7 Å². The van der Waals surface area contributed by atoms with Crippen LogP contribution in [-0.2, 0) is 0 Å². The predicted molar refractivity (Wildman–Crippen MR) is 89.1 cm³/mol. The van der Waals surface area contributed by atoms with Gasteiger partial charge in [0, 0.05) is 11.4 Å². The van der Waals surface area contributed by atoms with Gasteiger partial charge in [0.05, 0.1) is 5.56 Å². The molecule has 1 aromatic rings. The van der Waals surface area contributed by atoms with Gasteiger partial charge in [0.25, 0.3) is 0 Å². The molecule has 0 aliphatic carbocycles. The van der Waals surface area contributed by atoms with E-state index in [2.05, 4.69) is 32.3 Å². The lowest BCUT2D eigenvalue weighted by Crippen LogP contribution is -2.13. The van der Waals surface area contributed by atoms with Gasteiger partial charge in [-0.25, -0.2) is 4.79 Å². The van der Waals surface area contributed by atoms with E-state index < -0.39 is 5.97 Å². The zero-order valence-corrected chi connectivity index (χ0v) is 13.8. The van der Waals surface area contributed by atoms with Crippen molar-refractivity contribution in [3.63, 3.8) is 0 Å². The first kappa shape index (κ1) is 17.0. The van der Waals surface area contributed by atoms with E-state index in [0.717, 1.165) is 39.2 Å². The van der Waals surface area contributed by atoms with Gasteiger partial charge in [-0.2, -0.15) is 0 Å². The van der Waals surface area contributed by atoms with Crippen LogP contribution < -0.4 is 5.32 Å². The molecule has 3 nitrogen and oxygen atoms in total. The number of carboxylic acids is 1. The second-order valence-electron chi connectivity index (χ2n) is 5.84. The predicted octanol–water partition coefficient (Wildman–Crippen LogP) is 4.76. The van der Waals surface area contributed by atoms with Crippen molar-refractivity contribution in [3.05, 3.63) is 52.2 Å². The second-order valence-corrected chi connectivity index (χ2v) is 5.84. The number of allylic oxidation sites excluding steroid dienone is 1. The van der Waals surface area contributed by atoms with Crippen molar-refractivity contribution in [1.29, 1.82) is 0 Å². The summed E-state index contributed by atoms with van der Waals surface area (Å²) in [6, 6.07) is 0. The van der Waals surface area contributed by atoms with E-state index in [4.69, 9.17) is 0 Å². The number of carboxylic acid groups (broad SMARTS) is 1. The molecule has 0 aromatic heterocycles. The maximum Gasteiger partial charge on any atom is 0.336 e. The number of anilines is 1. The first-order valence-electron chi connectivity index (χ1n) is 7.08. The van der Waals surface area contributed by atoms with Gasteiger partial charge in [-0.05, 0) is 61.4 Å². The molecule has 0 amide bonds. The maximum absolute atomic E-state index is 11.5. The van der Waals surface area contributed by atoms with Crippen LogP contribution in [0.25, 0.3) is 0 Å². The number of nitrogens with one attached hydrogen (secondary N) is 1. The van der Waals surface area contributed by atoms with Gasteiger partial charge >= 0.3 is 5.97 Å². The van der Waals surface area contributed by atoms with Crippen LogP contribution in [-0.4, -0.2) is 11.1 Å². The van der Waals surface area contributed by atoms with Gasteiger partial charge in [-0.15, -0.1) is 0 Å². The van der Waals surface area contributed by atoms with Gasteiger partial charge in [-0.3, -0.25) is 0 Å². The van der Waals surface area contributed by atoms with Crippen molar-refractivity contribution in [2.45, 2.75) is 41.5 Å². The third-order valence-corrected chi connectivity index (χ3v) is 4.20. The SMILES string of the molecule is C=C(Nc1c(C)c(C)c(C)c(C(=O)O)c1C)C(=C)C(C)C. The molecule has 0 fully saturated rings. The Morgan fingerprint density at radius 3 is 1.95 bits per heavy atom. The molecule has 0 bridgehead atoms. The maximum atomic E-state index is 11.5. The highest BCUT2D eigenvalue weighted by molar-refractivity contribution is 5.94. The minimum Gasteiger partial charge on any atom is -0.478 e. The molecule has 0 saturated heterocycles.